The molecule has 1 fully saturated rings. The van der Waals surface area contributed by atoms with Gasteiger partial charge in [-0.25, -0.2) is 14.8 Å². The van der Waals surface area contributed by atoms with Gasteiger partial charge >= 0.3 is 12.3 Å². The van der Waals surface area contributed by atoms with E-state index in [0.717, 1.165) is 19.0 Å². The van der Waals surface area contributed by atoms with Crippen molar-refractivity contribution in [1.29, 1.82) is 0 Å². The number of nitrogens with one attached hydrogen (secondary N) is 4. The molecule has 1 saturated heterocycles. The molecular formula is C21H22BrF3N6O2. The fourth-order valence-corrected chi connectivity index (χ4v) is 4.35. The van der Waals surface area contributed by atoms with Gasteiger partial charge in [0, 0.05) is 42.0 Å². The lowest BCUT2D eigenvalue weighted by Gasteiger charge is -2.28. The smallest absolute Gasteiger partial charge is 0.419 e. The number of aromatic nitrogens is 3. The molecule has 0 unspecified atom stereocenters. The standard InChI is InChI=1S/C21H22BrF3N6O2/c1-10-3-4-11(7-26-10)29-19-28-9-14(21(23,24)25)17(31-19)13-8-27-18-12(13)5-6-15(16(18)22)30-20(32)33-2/h5-6,8-11,26-27H,3-4,7H2,1-2H3,(H,30,32)(H,28,29,31)/t10-,11-/m0/s1. The first kappa shape index (κ1) is 23.3. The predicted octanol–water partition coefficient (Wildman–Crippen LogP) is 5.14. The summed E-state index contributed by atoms with van der Waals surface area (Å²) in [5.41, 5.74) is 0.0122. The highest BCUT2D eigenvalue weighted by molar-refractivity contribution is 9.10. The number of carbonyl (C=O) groups is 1. The van der Waals surface area contributed by atoms with Crippen LogP contribution < -0.4 is 16.0 Å². The maximum atomic E-state index is 13.8. The topological polar surface area (TPSA) is 104 Å². The number of nitrogens with zero attached hydrogens (tertiary/aromatic N) is 2. The molecule has 2 aromatic heterocycles. The molecule has 12 heteroatoms. The van der Waals surface area contributed by atoms with Gasteiger partial charge in [-0.1, -0.05) is 6.07 Å². The van der Waals surface area contributed by atoms with E-state index in [1.807, 2.05) is 0 Å². The lowest BCUT2D eigenvalue weighted by atomic mass is 10.0. The summed E-state index contributed by atoms with van der Waals surface area (Å²) < 4.78 is 46.5. The molecule has 0 saturated carbocycles. The molecule has 1 aromatic carbocycles. The van der Waals surface area contributed by atoms with Crippen molar-refractivity contribution in [3.8, 4) is 11.3 Å². The fourth-order valence-electron chi connectivity index (χ4n) is 3.79. The highest BCUT2D eigenvalue weighted by atomic mass is 79.9. The molecule has 8 nitrogen and oxygen atoms in total. The van der Waals surface area contributed by atoms with Crippen LogP contribution in [0.5, 0.6) is 0 Å². The molecule has 4 rings (SSSR count). The van der Waals surface area contributed by atoms with Gasteiger partial charge in [0.2, 0.25) is 5.95 Å². The van der Waals surface area contributed by atoms with E-state index in [0.29, 0.717) is 33.6 Å². The Kier molecular flexibility index (Phi) is 6.48. The van der Waals surface area contributed by atoms with E-state index in [1.54, 1.807) is 12.1 Å². The van der Waals surface area contributed by atoms with Crippen molar-refractivity contribution < 1.29 is 22.7 Å². The van der Waals surface area contributed by atoms with Crippen LogP contribution in [0, 0.1) is 0 Å². The van der Waals surface area contributed by atoms with Crippen LogP contribution in [-0.4, -0.2) is 46.8 Å². The summed E-state index contributed by atoms with van der Waals surface area (Å²) in [5.74, 6) is 0.136. The number of hydrogen-bond donors (Lipinski definition) is 4. The SMILES string of the molecule is COC(=O)Nc1ccc2c(-c3nc(N[C@H]4CC[C@H](C)NC4)ncc3C(F)(F)F)c[nH]c2c1Br. The molecule has 0 radical (unpaired) electrons. The van der Waals surface area contributed by atoms with Crippen LogP contribution in [0.3, 0.4) is 0 Å². The Bertz CT molecular complexity index is 1170. The Morgan fingerprint density at radius 2 is 2.09 bits per heavy atom. The number of piperidine rings is 1. The molecule has 1 aliphatic heterocycles. The Balaban J connectivity index is 1.74. The first-order chi connectivity index (χ1) is 15.7. The third-order valence-electron chi connectivity index (χ3n) is 5.56. The number of benzene rings is 1. The summed E-state index contributed by atoms with van der Waals surface area (Å²) in [6.45, 7) is 2.76. The molecule has 2 atom stereocenters. The van der Waals surface area contributed by atoms with Crippen molar-refractivity contribution in [2.45, 2.75) is 38.0 Å². The summed E-state index contributed by atoms with van der Waals surface area (Å²) in [6.07, 6.45) is -1.22. The minimum absolute atomic E-state index is 0.0230. The first-order valence-electron chi connectivity index (χ1n) is 10.3. The maximum absolute atomic E-state index is 13.8. The second-order valence-electron chi connectivity index (χ2n) is 7.85. The number of hydrogen-bond acceptors (Lipinski definition) is 6. The highest BCUT2D eigenvalue weighted by Gasteiger charge is 2.36. The average molecular weight is 527 g/mol. The van der Waals surface area contributed by atoms with Crippen LogP contribution in [0.4, 0.5) is 29.6 Å². The van der Waals surface area contributed by atoms with E-state index in [9.17, 15) is 18.0 Å². The van der Waals surface area contributed by atoms with E-state index in [2.05, 4.69) is 58.5 Å². The van der Waals surface area contributed by atoms with Gasteiger partial charge in [-0.15, -0.1) is 0 Å². The van der Waals surface area contributed by atoms with Crippen LogP contribution in [0.2, 0.25) is 0 Å². The zero-order valence-electron chi connectivity index (χ0n) is 17.8. The highest BCUT2D eigenvalue weighted by Crippen LogP contribution is 2.41. The van der Waals surface area contributed by atoms with Crippen LogP contribution in [0.15, 0.2) is 29.0 Å². The number of H-pyrrole nitrogens is 1. The van der Waals surface area contributed by atoms with Crippen molar-refractivity contribution in [2.24, 2.45) is 0 Å². The summed E-state index contributed by atoms with van der Waals surface area (Å²) >= 11 is 3.39. The van der Waals surface area contributed by atoms with Gasteiger partial charge < -0.3 is 20.4 Å². The summed E-state index contributed by atoms with van der Waals surface area (Å²) in [6, 6.07) is 3.60. The molecule has 176 valence electrons. The van der Waals surface area contributed by atoms with E-state index in [-0.39, 0.29) is 23.2 Å². The van der Waals surface area contributed by atoms with Crippen molar-refractivity contribution in [3.05, 3.63) is 34.6 Å². The normalized spacial score (nSPS) is 18.8. The quantitative estimate of drug-likeness (QED) is 0.375. The first-order valence-corrected chi connectivity index (χ1v) is 11.1. The maximum Gasteiger partial charge on any atom is 0.419 e. The number of alkyl halides is 3. The Hall–Kier alpha value is -2.86. The summed E-state index contributed by atoms with van der Waals surface area (Å²) in [7, 11) is 1.23. The lowest BCUT2D eigenvalue weighted by Crippen LogP contribution is -2.43. The van der Waals surface area contributed by atoms with Crippen molar-refractivity contribution >= 4 is 44.6 Å². The van der Waals surface area contributed by atoms with Crippen LogP contribution in [0.1, 0.15) is 25.3 Å². The van der Waals surface area contributed by atoms with Crippen molar-refractivity contribution in [2.75, 3.05) is 24.3 Å². The van der Waals surface area contributed by atoms with Gasteiger partial charge in [0.05, 0.1) is 28.5 Å². The van der Waals surface area contributed by atoms with Gasteiger partial charge in [0.15, 0.2) is 0 Å². The Morgan fingerprint density at radius 1 is 1.30 bits per heavy atom. The zero-order valence-corrected chi connectivity index (χ0v) is 19.4. The largest absolute Gasteiger partial charge is 0.453 e. The van der Waals surface area contributed by atoms with E-state index in [1.165, 1.54) is 13.3 Å². The third-order valence-corrected chi connectivity index (χ3v) is 6.38. The molecule has 3 aromatic rings. The van der Waals surface area contributed by atoms with E-state index in [4.69, 9.17) is 0 Å². The lowest BCUT2D eigenvalue weighted by molar-refractivity contribution is -0.137. The Morgan fingerprint density at radius 3 is 2.76 bits per heavy atom. The number of anilines is 2. The van der Waals surface area contributed by atoms with E-state index < -0.39 is 17.8 Å². The average Bonchev–Trinajstić information content (AvgIpc) is 3.21. The molecule has 1 aliphatic rings. The van der Waals surface area contributed by atoms with Crippen LogP contribution in [0.25, 0.3) is 22.2 Å². The van der Waals surface area contributed by atoms with Crippen molar-refractivity contribution in [3.63, 3.8) is 0 Å². The van der Waals surface area contributed by atoms with Crippen LogP contribution >= 0.6 is 15.9 Å². The number of ether oxygens (including phenoxy) is 1. The second kappa shape index (κ2) is 9.18. The van der Waals surface area contributed by atoms with Gasteiger partial charge in [-0.3, -0.25) is 5.32 Å². The summed E-state index contributed by atoms with van der Waals surface area (Å²) in [4.78, 5) is 22.7. The molecule has 1 amide bonds. The number of aromatic amines is 1. The molecule has 0 spiro atoms. The van der Waals surface area contributed by atoms with Crippen LogP contribution in [-0.2, 0) is 10.9 Å². The van der Waals surface area contributed by atoms with Gasteiger partial charge in [-0.05, 0) is 41.8 Å². The molecule has 4 N–H and O–H groups in total. The number of halogens is 4. The minimum Gasteiger partial charge on any atom is -0.453 e. The van der Waals surface area contributed by atoms with Gasteiger partial charge in [0.1, 0.15) is 5.56 Å². The molecule has 33 heavy (non-hydrogen) atoms. The monoisotopic (exact) mass is 526 g/mol. The van der Waals surface area contributed by atoms with Crippen molar-refractivity contribution in [1.82, 2.24) is 20.3 Å². The molecule has 0 bridgehead atoms. The number of fused-ring (bicyclic) bond motifs is 1. The van der Waals surface area contributed by atoms with Gasteiger partial charge in [-0.2, -0.15) is 13.2 Å². The second-order valence-corrected chi connectivity index (χ2v) is 8.64. The predicted molar refractivity (Wildman–Crippen MR) is 122 cm³/mol. The summed E-state index contributed by atoms with van der Waals surface area (Å²) in [5, 5.41) is 9.53. The third kappa shape index (κ3) is 4.91. The zero-order chi connectivity index (χ0) is 23.8. The number of amides is 1. The Labute approximate surface area is 195 Å². The molecular weight excluding hydrogens is 505 g/mol. The van der Waals surface area contributed by atoms with Gasteiger partial charge in [0.25, 0.3) is 0 Å². The fraction of sp³-hybridized carbons (Fsp3) is 0.381. The van der Waals surface area contributed by atoms with E-state index >= 15 is 0 Å². The number of carbonyl (C=O) groups excluding carboxylic acids is 1. The number of methoxy groups -OCH3 is 1. The minimum atomic E-state index is -4.64. The molecule has 3 heterocycles. The molecule has 0 aliphatic carbocycles. The number of rotatable bonds is 4.